The molecule has 3 N–H and O–H groups in total. The second-order valence-corrected chi connectivity index (χ2v) is 4.24. The Hall–Kier alpha value is -1.88. The molecule has 1 aliphatic rings. The van der Waals surface area contributed by atoms with Crippen molar-refractivity contribution in [1.82, 2.24) is 15.6 Å². The summed E-state index contributed by atoms with van der Waals surface area (Å²) in [5.74, 6) is -0.314. The number of amides is 1. The monoisotopic (exact) mass is 247 g/mol. The molecule has 96 valence electrons. The van der Waals surface area contributed by atoms with Gasteiger partial charge in [-0.15, -0.1) is 0 Å². The first-order valence-corrected chi connectivity index (χ1v) is 6.11. The van der Waals surface area contributed by atoms with Gasteiger partial charge in [-0.2, -0.15) is 0 Å². The van der Waals surface area contributed by atoms with Crippen LogP contribution >= 0.6 is 0 Å². The summed E-state index contributed by atoms with van der Waals surface area (Å²) in [5.41, 5.74) is 1.26. The van der Waals surface area contributed by atoms with Crippen molar-refractivity contribution in [2.75, 3.05) is 19.6 Å². The molecule has 1 aromatic rings. The van der Waals surface area contributed by atoms with Gasteiger partial charge < -0.3 is 15.6 Å². The molecule has 2 rings (SSSR count). The number of H-pyrrole nitrogens is 1. The number of rotatable bonds is 4. The van der Waals surface area contributed by atoms with Gasteiger partial charge in [0.1, 0.15) is 5.56 Å². The minimum atomic E-state index is -0.314. The number of hydrogen-bond acceptors (Lipinski definition) is 3. The molecule has 0 bridgehead atoms. The molecule has 0 aromatic carbocycles. The van der Waals surface area contributed by atoms with Crippen LogP contribution in [0.15, 0.2) is 34.9 Å². The van der Waals surface area contributed by atoms with Gasteiger partial charge in [-0.05, 0) is 19.4 Å². The van der Waals surface area contributed by atoms with Gasteiger partial charge in [-0.25, -0.2) is 0 Å². The van der Waals surface area contributed by atoms with E-state index in [1.807, 2.05) is 0 Å². The second kappa shape index (κ2) is 6.16. The summed E-state index contributed by atoms with van der Waals surface area (Å²) in [4.78, 5) is 25.9. The maximum Gasteiger partial charge on any atom is 0.256 e. The van der Waals surface area contributed by atoms with Crippen LogP contribution in [0.1, 0.15) is 23.2 Å². The summed E-state index contributed by atoms with van der Waals surface area (Å²) < 4.78 is 0. The highest BCUT2D eigenvalue weighted by Gasteiger charge is 2.09. The Bertz CT molecular complexity index is 505. The Balaban J connectivity index is 1.84. The van der Waals surface area contributed by atoms with Crippen molar-refractivity contribution in [2.45, 2.75) is 12.8 Å². The van der Waals surface area contributed by atoms with E-state index >= 15 is 0 Å². The Morgan fingerprint density at radius 1 is 1.44 bits per heavy atom. The summed E-state index contributed by atoms with van der Waals surface area (Å²) in [7, 11) is 0. The van der Waals surface area contributed by atoms with E-state index in [9.17, 15) is 9.59 Å². The van der Waals surface area contributed by atoms with E-state index in [0.29, 0.717) is 6.54 Å². The molecule has 0 radical (unpaired) electrons. The lowest BCUT2D eigenvalue weighted by molar-refractivity contribution is 0.0952. The Kier molecular flexibility index (Phi) is 4.30. The van der Waals surface area contributed by atoms with Crippen molar-refractivity contribution in [3.05, 3.63) is 45.9 Å². The Labute approximate surface area is 105 Å². The molecule has 2 heterocycles. The minimum Gasteiger partial charge on any atom is -0.367 e. The average molecular weight is 247 g/mol. The molecule has 5 heteroatoms. The largest absolute Gasteiger partial charge is 0.367 e. The molecule has 0 aliphatic carbocycles. The van der Waals surface area contributed by atoms with E-state index in [-0.39, 0.29) is 16.9 Å². The van der Waals surface area contributed by atoms with Crippen LogP contribution in [0.4, 0.5) is 0 Å². The number of aromatic amines is 1. The fourth-order valence-electron chi connectivity index (χ4n) is 1.92. The molecular formula is C13H17N3O2. The third-order valence-corrected chi connectivity index (χ3v) is 2.96. The van der Waals surface area contributed by atoms with E-state index < -0.39 is 0 Å². The molecule has 18 heavy (non-hydrogen) atoms. The van der Waals surface area contributed by atoms with E-state index in [1.165, 1.54) is 24.0 Å². The van der Waals surface area contributed by atoms with Crippen molar-refractivity contribution in [2.24, 2.45) is 0 Å². The highest BCUT2D eigenvalue weighted by molar-refractivity contribution is 5.93. The van der Waals surface area contributed by atoms with Crippen molar-refractivity contribution in [3.63, 3.8) is 0 Å². The standard InChI is InChI=1S/C13H17N3O2/c17-12-4-7-15-9-11(12)13(18)16-8-3-10-1-5-14-6-2-10/h1,4,7,9,14H,2-3,5-6,8H2,(H,15,17)(H,16,18). The lowest BCUT2D eigenvalue weighted by Crippen LogP contribution is -2.30. The third-order valence-electron chi connectivity index (χ3n) is 2.96. The average Bonchev–Trinajstić information content (AvgIpc) is 2.40. The first kappa shape index (κ1) is 12.6. The van der Waals surface area contributed by atoms with Gasteiger partial charge in [0.25, 0.3) is 5.91 Å². The van der Waals surface area contributed by atoms with Crippen molar-refractivity contribution in [1.29, 1.82) is 0 Å². The molecule has 0 unspecified atom stereocenters. The molecule has 0 fully saturated rings. The number of carbonyl (C=O) groups excluding carboxylic acids is 1. The molecule has 0 saturated carbocycles. The number of hydrogen-bond donors (Lipinski definition) is 3. The van der Waals surface area contributed by atoms with Gasteiger partial charge in [0.05, 0.1) is 0 Å². The zero-order chi connectivity index (χ0) is 12.8. The van der Waals surface area contributed by atoms with E-state index in [4.69, 9.17) is 0 Å². The predicted molar refractivity (Wildman–Crippen MR) is 69.6 cm³/mol. The number of aromatic nitrogens is 1. The maximum absolute atomic E-state index is 11.7. The molecule has 0 spiro atoms. The van der Waals surface area contributed by atoms with Crippen LogP contribution in [0, 0.1) is 0 Å². The first-order chi connectivity index (χ1) is 8.77. The summed E-state index contributed by atoms with van der Waals surface area (Å²) >= 11 is 0. The number of pyridine rings is 1. The van der Waals surface area contributed by atoms with Gasteiger partial charge in [0, 0.05) is 31.5 Å². The van der Waals surface area contributed by atoms with Crippen molar-refractivity contribution in [3.8, 4) is 0 Å². The van der Waals surface area contributed by atoms with Gasteiger partial charge in [0.15, 0.2) is 5.43 Å². The van der Waals surface area contributed by atoms with Gasteiger partial charge in [0.2, 0.25) is 0 Å². The van der Waals surface area contributed by atoms with Crippen LogP contribution < -0.4 is 16.1 Å². The zero-order valence-electron chi connectivity index (χ0n) is 10.2. The summed E-state index contributed by atoms with van der Waals surface area (Å²) in [6.45, 7) is 2.47. The molecule has 0 atom stereocenters. The first-order valence-electron chi connectivity index (χ1n) is 6.11. The molecule has 1 amide bonds. The number of carbonyl (C=O) groups is 1. The van der Waals surface area contributed by atoms with E-state index in [0.717, 1.165) is 25.9 Å². The van der Waals surface area contributed by atoms with Gasteiger partial charge in [-0.1, -0.05) is 11.6 Å². The lowest BCUT2D eigenvalue weighted by atomic mass is 10.1. The van der Waals surface area contributed by atoms with Crippen LogP contribution in [0.3, 0.4) is 0 Å². The topological polar surface area (TPSA) is 74.0 Å². The fourth-order valence-corrected chi connectivity index (χ4v) is 1.92. The number of nitrogens with one attached hydrogen (secondary N) is 3. The van der Waals surface area contributed by atoms with Gasteiger partial charge >= 0.3 is 0 Å². The highest BCUT2D eigenvalue weighted by Crippen LogP contribution is 2.07. The second-order valence-electron chi connectivity index (χ2n) is 4.24. The van der Waals surface area contributed by atoms with E-state index in [2.05, 4.69) is 21.7 Å². The van der Waals surface area contributed by atoms with E-state index in [1.54, 1.807) is 0 Å². The predicted octanol–water partition coefficient (Wildman–Crippen LogP) is 0.414. The Morgan fingerprint density at radius 3 is 3.06 bits per heavy atom. The smallest absolute Gasteiger partial charge is 0.256 e. The quantitative estimate of drug-likeness (QED) is 0.675. The molecule has 5 nitrogen and oxygen atoms in total. The van der Waals surface area contributed by atoms with Crippen LogP contribution in [-0.2, 0) is 0 Å². The van der Waals surface area contributed by atoms with Crippen LogP contribution in [0.5, 0.6) is 0 Å². The normalized spacial score (nSPS) is 15.0. The summed E-state index contributed by atoms with van der Waals surface area (Å²) in [6.07, 6.45) is 6.98. The van der Waals surface area contributed by atoms with Crippen LogP contribution in [-0.4, -0.2) is 30.5 Å². The third kappa shape index (κ3) is 3.30. The molecular weight excluding hydrogens is 230 g/mol. The molecule has 1 aliphatic heterocycles. The van der Waals surface area contributed by atoms with Crippen LogP contribution in [0.2, 0.25) is 0 Å². The maximum atomic E-state index is 11.7. The minimum absolute atomic E-state index is 0.164. The molecule has 1 aromatic heterocycles. The lowest BCUT2D eigenvalue weighted by Gasteiger charge is -2.14. The highest BCUT2D eigenvalue weighted by atomic mass is 16.2. The zero-order valence-corrected chi connectivity index (χ0v) is 10.2. The van der Waals surface area contributed by atoms with Crippen molar-refractivity contribution >= 4 is 5.91 Å². The summed E-state index contributed by atoms with van der Waals surface area (Å²) in [5, 5.41) is 6.00. The van der Waals surface area contributed by atoms with Crippen molar-refractivity contribution < 1.29 is 4.79 Å². The fraction of sp³-hybridized carbons (Fsp3) is 0.385. The van der Waals surface area contributed by atoms with Gasteiger partial charge in [-0.3, -0.25) is 9.59 Å². The SMILES string of the molecule is O=C(NCCC1=CCNCC1)c1c[nH]ccc1=O. The summed E-state index contributed by atoms with van der Waals surface area (Å²) in [6, 6.07) is 1.35. The van der Waals surface area contributed by atoms with Crippen LogP contribution in [0.25, 0.3) is 0 Å². The molecule has 0 saturated heterocycles. The Morgan fingerprint density at radius 2 is 2.33 bits per heavy atom.